The average Bonchev–Trinajstić information content (AvgIpc) is 2.93. The Kier molecular flexibility index (Phi) is 5.03. The number of carbonyl (C=O) groups excluding carboxylic acids is 3. The number of aromatic nitrogens is 1. The fourth-order valence-corrected chi connectivity index (χ4v) is 3.07. The molecule has 2 N–H and O–H groups in total. The van der Waals surface area contributed by atoms with Gasteiger partial charge in [-0.05, 0) is 36.4 Å². The highest BCUT2D eigenvalue weighted by atomic mass is 16.3. The summed E-state index contributed by atoms with van der Waals surface area (Å²) >= 11 is 0. The van der Waals surface area contributed by atoms with Crippen molar-refractivity contribution in [3.05, 3.63) is 65.7 Å². The standard InChI is InChI=1S/C20H19N3O4/c1-3-16(25)17-18(15-6-4-5-11-21-15)23(20(27)19(17)26)14-9-7-13(8-10-14)22-12(2)24/h4-11,18,26H,3H2,1-2H3,(H,22,24). The summed E-state index contributed by atoms with van der Waals surface area (Å²) in [5.41, 5.74) is 1.59. The Labute approximate surface area is 156 Å². The normalized spacial score (nSPS) is 16.6. The zero-order chi connectivity index (χ0) is 19.6. The number of hydrogen-bond acceptors (Lipinski definition) is 5. The highest BCUT2D eigenvalue weighted by Crippen LogP contribution is 2.40. The Balaban J connectivity index is 2.07. The Hall–Kier alpha value is -3.48. The molecule has 1 aromatic heterocycles. The predicted molar refractivity (Wildman–Crippen MR) is 100 cm³/mol. The van der Waals surface area contributed by atoms with Crippen molar-refractivity contribution in [2.24, 2.45) is 0 Å². The van der Waals surface area contributed by atoms with Crippen LogP contribution in [0.3, 0.4) is 0 Å². The second-order valence-corrected chi connectivity index (χ2v) is 6.10. The van der Waals surface area contributed by atoms with Crippen LogP contribution < -0.4 is 10.2 Å². The van der Waals surface area contributed by atoms with Crippen LogP contribution in [0.1, 0.15) is 32.0 Å². The molecule has 2 amide bonds. The molecule has 1 aliphatic heterocycles. The molecular formula is C20H19N3O4. The molecule has 2 aromatic rings. The Morgan fingerprint density at radius 3 is 2.44 bits per heavy atom. The van der Waals surface area contributed by atoms with E-state index in [2.05, 4.69) is 10.3 Å². The summed E-state index contributed by atoms with van der Waals surface area (Å²) in [5.74, 6) is -1.73. The molecule has 1 unspecified atom stereocenters. The maximum absolute atomic E-state index is 12.8. The van der Waals surface area contributed by atoms with Gasteiger partial charge in [0.2, 0.25) is 5.91 Å². The third-order valence-corrected chi connectivity index (χ3v) is 4.26. The number of nitrogens with one attached hydrogen (secondary N) is 1. The van der Waals surface area contributed by atoms with E-state index in [-0.39, 0.29) is 23.7 Å². The summed E-state index contributed by atoms with van der Waals surface area (Å²) in [7, 11) is 0. The summed E-state index contributed by atoms with van der Waals surface area (Å²) in [6.07, 6.45) is 1.73. The fourth-order valence-electron chi connectivity index (χ4n) is 3.07. The molecule has 138 valence electrons. The first-order chi connectivity index (χ1) is 12.9. The first-order valence-electron chi connectivity index (χ1n) is 8.52. The van der Waals surface area contributed by atoms with Crippen molar-refractivity contribution in [2.75, 3.05) is 10.2 Å². The van der Waals surface area contributed by atoms with E-state index in [9.17, 15) is 19.5 Å². The van der Waals surface area contributed by atoms with E-state index in [1.54, 1.807) is 55.6 Å². The molecule has 2 heterocycles. The second kappa shape index (κ2) is 7.41. The maximum Gasteiger partial charge on any atom is 0.294 e. The van der Waals surface area contributed by atoms with Crippen molar-refractivity contribution in [1.29, 1.82) is 0 Å². The van der Waals surface area contributed by atoms with Gasteiger partial charge in [0.15, 0.2) is 11.5 Å². The summed E-state index contributed by atoms with van der Waals surface area (Å²) in [6, 6.07) is 11.0. The number of ketones is 1. The van der Waals surface area contributed by atoms with Gasteiger partial charge in [0.05, 0.1) is 11.3 Å². The van der Waals surface area contributed by atoms with E-state index in [4.69, 9.17) is 0 Å². The van der Waals surface area contributed by atoms with Crippen LogP contribution in [0, 0.1) is 0 Å². The lowest BCUT2D eigenvalue weighted by atomic mass is 9.98. The molecule has 0 saturated carbocycles. The molecule has 0 aliphatic carbocycles. The van der Waals surface area contributed by atoms with Gasteiger partial charge in [-0.15, -0.1) is 0 Å². The molecule has 0 fully saturated rings. The van der Waals surface area contributed by atoms with Gasteiger partial charge in [-0.2, -0.15) is 0 Å². The van der Waals surface area contributed by atoms with E-state index < -0.39 is 17.7 Å². The number of aliphatic hydroxyl groups excluding tert-OH is 1. The summed E-state index contributed by atoms with van der Waals surface area (Å²) < 4.78 is 0. The molecule has 0 spiro atoms. The van der Waals surface area contributed by atoms with Crippen LogP contribution in [-0.2, 0) is 14.4 Å². The number of Topliss-reactive ketones (excluding diaryl/α,β-unsaturated/α-hetero) is 1. The number of pyridine rings is 1. The molecule has 0 bridgehead atoms. The van der Waals surface area contributed by atoms with Gasteiger partial charge in [-0.1, -0.05) is 13.0 Å². The number of nitrogens with zero attached hydrogens (tertiary/aromatic N) is 2. The molecule has 3 rings (SSSR count). The van der Waals surface area contributed by atoms with Crippen LogP contribution in [0.15, 0.2) is 60.0 Å². The maximum atomic E-state index is 12.8. The topological polar surface area (TPSA) is 99.6 Å². The number of carbonyl (C=O) groups is 3. The van der Waals surface area contributed by atoms with Gasteiger partial charge in [0, 0.05) is 30.9 Å². The van der Waals surface area contributed by atoms with Crippen LogP contribution in [0.4, 0.5) is 11.4 Å². The van der Waals surface area contributed by atoms with Gasteiger partial charge in [-0.25, -0.2) is 0 Å². The van der Waals surface area contributed by atoms with Crippen molar-refractivity contribution in [2.45, 2.75) is 26.3 Å². The van der Waals surface area contributed by atoms with E-state index in [1.165, 1.54) is 11.8 Å². The number of aliphatic hydroxyl groups is 1. The van der Waals surface area contributed by atoms with E-state index in [1.807, 2.05) is 0 Å². The lowest BCUT2D eigenvalue weighted by molar-refractivity contribution is -0.118. The molecule has 7 heteroatoms. The van der Waals surface area contributed by atoms with Crippen molar-refractivity contribution in [3.63, 3.8) is 0 Å². The Bertz CT molecular complexity index is 920. The summed E-state index contributed by atoms with van der Waals surface area (Å²) in [5, 5.41) is 13.0. The number of rotatable bonds is 5. The molecule has 27 heavy (non-hydrogen) atoms. The van der Waals surface area contributed by atoms with Gasteiger partial charge in [0.1, 0.15) is 6.04 Å². The minimum absolute atomic E-state index is 0.0483. The molecule has 1 aliphatic rings. The number of hydrogen-bond donors (Lipinski definition) is 2. The van der Waals surface area contributed by atoms with Gasteiger partial charge < -0.3 is 10.4 Å². The van der Waals surface area contributed by atoms with E-state index in [0.29, 0.717) is 17.1 Å². The van der Waals surface area contributed by atoms with Crippen LogP contribution in [-0.4, -0.2) is 27.7 Å². The SMILES string of the molecule is CCC(=O)C1=C(O)C(=O)N(c2ccc(NC(C)=O)cc2)C1c1ccccn1. The number of benzene rings is 1. The Morgan fingerprint density at radius 1 is 1.19 bits per heavy atom. The third-order valence-electron chi connectivity index (χ3n) is 4.26. The highest BCUT2D eigenvalue weighted by molar-refractivity contribution is 6.16. The molecule has 1 atom stereocenters. The van der Waals surface area contributed by atoms with Crippen molar-refractivity contribution >= 4 is 29.0 Å². The van der Waals surface area contributed by atoms with Gasteiger partial charge in [0.25, 0.3) is 5.91 Å². The smallest absolute Gasteiger partial charge is 0.294 e. The van der Waals surface area contributed by atoms with Crippen LogP contribution >= 0.6 is 0 Å². The summed E-state index contributed by atoms with van der Waals surface area (Å²) in [6.45, 7) is 3.08. The monoisotopic (exact) mass is 365 g/mol. The van der Waals surface area contributed by atoms with Crippen LogP contribution in [0.2, 0.25) is 0 Å². The van der Waals surface area contributed by atoms with Crippen molar-refractivity contribution < 1.29 is 19.5 Å². The van der Waals surface area contributed by atoms with Gasteiger partial charge >= 0.3 is 0 Å². The molecule has 0 radical (unpaired) electrons. The minimum Gasteiger partial charge on any atom is -0.503 e. The van der Waals surface area contributed by atoms with Crippen LogP contribution in [0.5, 0.6) is 0 Å². The average molecular weight is 365 g/mol. The Morgan fingerprint density at radius 2 is 1.89 bits per heavy atom. The zero-order valence-electron chi connectivity index (χ0n) is 15.0. The van der Waals surface area contributed by atoms with Crippen LogP contribution in [0.25, 0.3) is 0 Å². The predicted octanol–water partition coefficient (Wildman–Crippen LogP) is 2.92. The fraction of sp³-hybridized carbons (Fsp3) is 0.200. The van der Waals surface area contributed by atoms with Crippen molar-refractivity contribution in [1.82, 2.24) is 4.98 Å². The quantitative estimate of drug-likeness (QED) is 0.849. The lowest BCUT2D eigenvalue weighted by Gasteiger charge is -2.26. The number of anilines is 2. The highest BCUT2D eigenvalue weighted by Gasteiger charge is 2.44. The molecule has 1 aromatic carbocycles. The second-order valence-electron chi connectivity index (χ2n) is 6.10. The van der Waals surface area contributed by atoms with E-state index >= 15 is 0 Å². The largest absolute Gasteiger partial charge is 0.503 e. The summed E-state index contributed by atoms with van der Waals surface area (Å²) in [4.78, 5) is 42.0. The first-order valence-corrected chi connectivity index (χ1v) is 8.52. The molecule has 0 saturated heterocycles. The molecule has 7 nitrogen and oxygen atoms in total. The van der Waals surface area contributed by atoms with Gasteiger partial charge in [-0.3, -0.25) is 24.3 Å². The third kappa shape index (κ3) is 3.44. The molecular weight excluding hydrogens is 346 g/mol. The lowest BCUT2D eigenvalue weighted by Crippen LogP contribution is -2.31. The number of amides is 2. The minimum atomic E-state index is -0.808. The zero-order valence-corrected chi connectivity index (χ0v) is 15.0. The van der Waals surface area contributed by atoms with E-state index in [0.717, 1.165) is 0 Å². The first kappa shape index (κ1) is 18.3. The van der Waals surface area contributed by atoms with Crippen molar-refractivity contribution in [3.8, 4) is 0 Å².